The molecular formula is C21H23ClN2O5. The summed E-state index contributed by atoms with van der Waals surface area (Å²) in [5, 5.41) is 6.20. The van der Waals surface area contributed by atoms with Gasteiger partial charge in [0.1, 0.15) is 5.75 Å². The van der Waals surface area contributed by atoms with Crippen LogP contribution in [0.4, 0.5) is 5.69 Å². The lowest BCUT2D eigenvalue weighted by Gasteiger charge is -2.26. The van der Waals surface area contributed by atoms with Gasteiger partial charge in [-0.15, -0.1) is 0 Å². The largest absolute Gasteiger partial charge is 0.496 e. The van der Waals surface area contributed by atoms with Crippen LogP contribution < -0.4 is 24.8 Å². The first-order valence-electron chi connectivity index (χ1n) is 9.18. The molecule has 2 amide bonds. The van der Waals surface area contributed by atoms with Gasteiger partial charge < -0.3 is 24.8 Å². The second-order valence-corrected chi connectivity index (χ2v) is 7.10. The topological polar surface area (TPSA) is 85.9 Å². The van der Waals surface area contributed by atoms with E-state index in [1.54, 1.807) is 30.3 Å². The zero-order chi connectivity index (χ0) is 21.0. The van der Waals surface area contributed by atoms with Crippen LogP contribution in [0.25, 0.3) is 0 Å². The van der Waals surface area contributed by atoms with Gasteiger partial charge >= 0.3 is 0 Å². The van der Waals surface area contributed by atoms with E-state index in [4.69, 9.17) is 25.8 Å². The number of anilines is 1. The van der Waals surface area contributed by atoms with E-state index in [9.17, 15) is 9.59 Å². The van der Waals surface area contributed by atoms with Gasteiger partial charge in [-0.25, -0.2) is 0 Å². The number of ether oxygens (including phenoxy) is 3. The summed E-state index contributed by atoms with van der Waals surface area (Å²) in [7, 11) is 4.39. The first-order chi connectivity index (χ1) is 14.0. The monoisotopic (exact) mass is 418 g/mol. The zero-order valence-electron chi connectivity index (χ0n) is 16.5. The van der Waals surface area contributed by atoms with Crippen molar-refractivity contribution in [1.82, 2.24) is 5.32 Å². The summed E-state index contributed by atoms with van der Waals surface area (Å²) in [6.07, 6.45) is 3.05. The second-order valence-electron chi connectivity index (χ2n) is 6.66. The van der Waals surface area contributed by atoms with E-state index in [1.165, 1.54) is 21.3 Å². The van der Waals surface area contributed by atoms with E-state index in [1.807, 2.05) is 0 Å². The Bertz CT molecular complexity index is 928. The Hall–Kier alpha value is -2.93. The van der Waals surface area contributed by atoms with Crippen molar-refractivity contribution in [3.63, 3.8) is 0 Å². The highest BCUT2D eigenvalue weighted by atomic mass is 35.5. The molecule has 2 aromatic rings. The lowest BCUT2D eigenvalue weighted by Crippen LogP contribution is -2.39. The molecule has 29 heavy (non-hydrogen) atoms. The Labute approximate surface area is 174 Å². The van der Waals surface area contributed by atoms with Crippen LogP contribution in [0.15, 0.2) is 30.3 Å². The molecule has 3 rings (SSSR count). The maximum atomic E-state index is 12.9. The number of halogens is 1. The SMILES string of the molecule is COc1cc(Cl)ccc1C(=O)Nc1cc(C(=O)NC2CCC2)cc(OC)c1OC. The summed E-state index contributed by atoms with van der Waals surface area (Å²) in [5.74, 6) is 0.326. The van der Waals surface area contributed by atoms with Crippen molar-refractivity contribution in [2.75, 3.05) is 26.6 Å². The van der Waals surface area contributed by atoms with Crippen molar-refractivity contribution in [2.24, 2.45) is 0 Å². The molecule has 0 bridgehead atoms. The Morgan fingerprint density at radius 1 is 0.966 bits per heavy atom. The molecule has 7 nitrogen and oxygen atoms in total. The molecular weight excluding hydrogens is 396 g/mol. The van der Waals surface area contributed by atoms with Crippen molar-refractivity contribution >= 4 is 29.1 Å². The van der Waals surface area contributed by atoms with Gasteiger partial charge in [-0.3, -0.25) is 9.59 Å². The first-order valence-corrected chi connectivity index (χ1v) is 9.56. The Balaban J connectivity index is 1.93. The van der Waals surface area contributed by atoms with Crippen LogP contribution in [0, 0.1) is 0 Å². The standard InChI is InChI=1S/C21H23ClN2O5/c1-27-17-11-13(22)7-8-15(17)21(26)24-16-9-12(10-18(28-2)19(16)29-3)20(25)23-14-5-4-6-14/h7-11,14H,4-6H2,1-3H3,(H,23,25)(H,24,26). The molecule has 0 spiro atoms. The molecule has 2 N–H and O–H groups in total. The number of hydrogen-bond donors (Lipinski definition) is 2. The maximum Gasteiger partial charge on any atom is 0.259 e. The van der Waals surface area contributed by atoms with Crippen LogP contribution in [0.5, 0.6) is 17.2 Å². The Kier molecular flexibility index (Phi) is 6.49. The Morgan fingerprint density at radius 3 is 2.28 bits per heavy atom. The average molecular weight is 419 g/mol. The molecule has 0 unspecified atom stereocenters. The summed E-state index contributed by atoms with van der Waals surface area (Å²) in [4.78, 5) is 25.5. The van der Waals surface area contributed by atoms with E-state index in [0.717, 1.165) is 19.3 Å². The lowest BCUT2D eigenvalue weighted by atomic mass is 9.93. The van der Waals surface area contributed by atoms with Crippen LogP contribution >= 0.6 is 11.6 Å². The van der Waals surface area contributed by atoms with Gasteiger partial charge in [0.25, 0.3) is 11.8 Å². The number of amides is 2. The predicted molar refractivity (Wildman–Crippen MR) is 111 cm³/mol. The number of rotatable bonds is 7. The highest BCUT2D eigenvalue weighted by molar-refractivity contribution is 6.31. The minimum Gasteiger partial charge on any atom is -0.496 e. The molecule has 154 valence electrons. The third-order valence-corrected chi connectivity index (χ3v) is 5.07. The van der Waals surface area contributed by atoms with Crippen molar-refractivity contribution in [3.05, 3.63) is 46.5 Å². The maximum absolute atomic E-state index is 12.9. The highest BCUT2D eigenvalue weighted by Crippen LogP contribution is 2.37. The third-order valence-electron chi connectivity index (χ3n) is 4.84. The van der Waals surface area contributed by atoms with E-state index in [-0.39, 0.29) is 11.9 Å². The molecule has 2 aromatic carbocycles. The minimum atomic E-state index is -0.435. The van der Waals surface area contributed by atoms with Gasteiger partial charge in [0.2, 0.25) is 0 Å². The molecule has 1 saturated carbocycles. The van der Waals surface area contributed by atoms with Gasteiger partial charge in [0.15, 0.2) is 11.5 Å². The van der Waals surface area contributed by atoms with Gasteiger partial charge in [-0.2, -0.15) is 0 Å². The normalized spacial score (nSPS) is 13.2. The molecule has 1 aliphatic rings. The van der Waals surface area contributed by atoms with Crippen LogP contribution in [0.1, 0.15) is 40.0 Å². The van der Waals surface area contributed by atoms with Gasteiger partial charge in [0.05, 0.1) is 32.6 Å². The van der Waals surface area contributed by atoms with Crippen molar-refractivity contribution in [1.29, 1.82) is 0 Å². The molecule has 1 aliphatic carbocycles. The van der Waals surface area contributed by atoms with Crippen LogP contribution in [0.3, 0.4) is 0 Å². The molecule has 8 heteroatoms. The van der Waals surface area contributed by atoms with Crippen molar-refractivity contribution < 1.29 is 23.8 Å². The van der Waals surface area contributed by atoms with Crippen molar-refractivity contribution in [2.45, 2.75) is 25.3 Å². The fraction of sp³-hybridized carbons (Fsp3) is 0.333. The summed E-state index contributed by atoms with van der Waals surface area (Å²) in [6.45, 7) is 0. The van der Waals surface area contributed by atoms with Crippen LogP contribution in [-0.4, -0.2) is 39.2 Å². The van der Waals surface area contributed by atoms with Crippen LogP contribution in [-0.2, 0) is 0 Å². The van der Waals surface area contributed by atoms with E-state index in [2.05, 4.69) is 10.6 Å². The summed E-state index contributed by atoms with van der Waals surface area (Å²) in [5.41, 5.74) is 0.975. The Morgan fingerprint density at radius 2 is 1.69 bits per heavy atom. The number of carbonyl (C=O) groups excluding carboxylic acids is 2. The van der Waals surface area contributed by atoms with Gasteiger partial charge in [0, 0.05) is 16.6 Å². The molecule has 0 aromatic heterocycles. The van der Waals surface area contributed by atoms with Crippen molar-refractivity contribution in [3.8, 4) is 17.2 Å². The van der Waals surface area contributed by atoms with E-state index < -0.39 is 5.91 Å². The smallest absolute Gasteiger partial charge is 0.259 e. The number of benzene rings is 2. The van der Waals surface area contributed by atoms with Crippen LogP contribution in [0.2, 0.25) is 5.02 Å². The fourth-order valence-electron chi connectivity index (χ4n) is 3.05. The molecule has 0 saturated heterocycles. The first kappa shape index (κ1) is 20.8. The van der Waals surface area contributed by atoms with Gasteiger partial charge in [-0.1, -0.05) is 11.6 Å². The average Bonchev–Trinajstić information content (AvgIpc) is 2.69. The summed E-state index contributed by atoms with van der Waals surface area (Å²) in [6, 6.07) is 8.05. The quantitative estimate of drug-likeness (QED) is 0.712. The third kappa shape index (κ3) is 4.56. The lowest BCUT2D eigenvalue weighted by molar-refractivity contribution is 0.0915. The number of nitrogens with one attached hydrogen (secondary N) is 2. The number of carbonyl (C=O) groups is 2. The number of methoxy groups -OCH3 is 3. The summed E-state index contributed by atoms with van der Waals surface area (Å²) < 4.78 is 16.0. The molecule has 0 aliphatic heterocycles. The molecule has 0 heterocycles. The highest BCUT2D eigenvalue weighted by Gasteiger charge is 2.23. The van der Waals surface area contributed by atoms with Gasteiger partial charge in [-0.05, 0) is 49.6 Å². The fourth-order valence-corrected chi connectivity index (χ4v) is 3.21. The zero-order valence-corrected chi connectivity index (χ0v) is 17.3. The minimum absolute atomic E-state index is 0.187. The molecule has 0 atom stereocenters. The molecule has 1 fully saturated rings. The molecule has 0 radical (unpaired) electrons. The van der Waals surface area contributed by atoms with E-state index >= 15 is 0 Å². The number of hydrogen-bond acceptors (Lipinski definition) is 5. The predicted octanol–water partition coefficient (Wildman–Crippen LogP) is 3.90. The van der Waals surface area contributed by atoms with E-state index in [0.29, 0.717) is 39.1 Å². The summed E-state index contributed by atoms with van der Waals surface area (Å²) >= 11 is 5.97. The second kappa shape index (κ2) is 9.05.